The van der Waals surface area contributed by atoms with E-state index in [2.05, 4.69) is 38.6 Å². The zero-order valence-electron chi connectivity index (χ0n) is 11.1. The van der Waals surface area contributed by atoms with Crippen LogP contribution in [0.5, 0.6) is 0 Å². The van der Waals surface area contributed by atoms with Crippen LogP contribution in [0, 0.1) is 0 Å². The average Bonchev–Trinajstić information content (AvgIpc) is 2.08. The maximum absolute atomic E-state index is 10.3. The fraction of sp³-hybridized carbons (Fsp3) is 0.909. The summed E-state index contributed by atoms with van der Waals surface area (Å²) >= 11 is 0. The summed E-state index contributed by atoms with van der Waals surface area (Å²) in [6, 6.07) is 0. The van der Waals surface area contributed by atoms with Gasteiger partial charge in [0.05, 0.1) is 6.61 Å². The molecule has 0 saturated heterocycles. The quantitative estimate of drug-likeness (QED) is 0.580. The fourth-order valence-corrected chi connectivity index (χ4v) is 2.01. The lowest BCUT2D eigenvalue weighted by Gasteiger charge is -2.36. The minimum atomic E-state index is -1.62. The lowest BCUT2D eigenvalue weighted by Crippen LogP contribution is -2.41. The Bertz CT molecular complexity index is 224. The number of amides is 1. The minimum absolute atomic E-state index is 0.247. The number of rotatable bonds is 6. The van der Waals surface area contributed by atoms with Crippen LogP contribution in [0.25, 0.3) is 0 Å². The molecule has 5 heteroatoms. The highest BCUT2D eigenvalue weighted by atomic mass is 28.4. The van der Waals surface area contributed by atoms with Crippen molar-refractivity contribution < 1.29 is 14.0 Å². The van der Waals surface area contributed by atoms with Crippen LogP contribution in [0.3, 0.4) is 0 Å². The monoisotopic (exact) mass is 247 g/mol. The van der Waals surface area contributed by atoms with Crippen molar-refractivity contribution in [3.63, 3.8) is 0 Å². The number of ether oxygens (including phenoxy) is 1. The summed E-state index contributed by atoms with van der Waals surface area (Å²) in [5, 5.41) is 0.247. The standard InChI is InChI=1S/C11H25NO3Si/c1-11(2,3)16(4,5)15-9-7-6-8-14-10(12)13/h6-9H2,1-5H3,(H2,12,13). The van der Waals surface area contributed by atoms with E-state index in [0.717, 1.165) is 19.4 Å². The number of carbonyl (C=O) groups excluding carboxylic acids is 1. The van der Waals surface area contributed by atoms with Gasteiger partial charge in [-0.05, 0) is 31.0 Å². The Hall–Kier alpha value is -0.553. The summed E-state index contributed by atoms with van der Waals surface area (Å²) in [6.45, 7) is 12.2. The molecule has 0 aliphatic rings. The van der Waals surface area contributed by atoms with E-state index in [4.69, 9.17) is 10.2 Å². The number of nitrogens with two attached hydrogens (primary N) is 1. The van der Waals surface area contributed by atoms with E-state index in [1.54, 1.807) is 0 Å². The molecule has 16 heavy (non-hydrogen) atoms. The van der Waals surface area contributed by atoms with E-state index in [1.165, 1.54) is 0 Å². The van der Waals surface area contributed by atoms with Gasteiger partial charge in [-0.15, -0.1) is 0 Å². The second-order valence-corrected chi connectivity index (χ2v) is 10.3. The van der Waals surface area contributed by atoms with E-state index in [-0.39, 0.29) is 5.04 Å². The van der Waals surface area contributed by atoms with Crippen LogP contribution in [0.2, 0.25) is 18.1 Å². The first-order valence-electron chi connectivity index (χ1n) is 5.73. The molecule has 4 nitrogen and oxygen atoms in total. The van der Waals surface area contributed by atoms with Gasteiger partial charge >= 0.3 is 6.09 Å². The molecule has 96 valence electrons. The zero-order valence-corrected chi connectivity index (χ0v) is 12.1. The van der Waals surface area contributed by atoms with Crippen molar-refractivity contribution in [3.8, 4) is 0 Å². The summed E-state index contributed by atoms with van der Waals surface area (Å²) in [4.78, 5) is 10.3. The molecular weight excluding hydrogens is 222 g/mol. The van der Waals surface area contributed by atoms with Crippen LogP contribution in [0.4, 0.5) is 4.79 Å². The second kappa shape index (κ2) is 6.25. The molecule has 0 radical (unpaired) electrons. The Balaban J connectivity index is 3.63. The normalized spacial score (nSPS) is 12.6. The van der Waals surface area contributed by atoms with Crippen molar-refractivity contribution >= 4 is 14.4 Å². The van der Waals surface area contributed by atoms with Crippen LogP contribution >= 0.6 is 0 Å². The summed E-state index contributed by atoms with van der Waals surface area (Å²) in [5.41, 5.74) is 4.85. The molecule has 0 spiro atoms. The highest BCUT2D eigenvalue weighted by molar-refractivity contribution is 6.74. The first-order chi connectivity index (χ1) is 7.17. The molecular formula is C11H25NO3Si. The Morgan fingerprint density at radius 3 is 2.12 bits per heavy atom. The third-order valence-corrected chi connectivity index (χ3v) is 7.59. The Labute approximate surface area is 99.6 Å². The smallest absolute Gasteiger partial charge is 0.404 e. The van der Waals surface area contributed by atoms with Crippen LogP contribution in [0.1, 0.15) is 33.6 Å². The first kappa shape index (κ1) is 15.4. The maximum Gasteiger partial charge on any atom is 0.404 e. The van der Waals surface area contributed by atoms with Crippen LogP contribution < -0.4 is 5.73 Å². The topological polar surface area (TPSA) is 61.6 Å². The highest BCUT2D eigenvalue weighted by Gasteiger charge is 2.36. The van der Waals surface area contributed by atoms with Crippen LogP contribution in [-0.2, 0) is 9.16 Å². The van der Waals surface area contributed by atoms with Crippen molar-refractivity contribution in [1.82, 2.24) is 0 Å². The molecule has 0 heterocycles. The minimum Gasteiger partial charge on any atom is -0.450 e. The SMILES string of the molecule is CC(C)(C)[Si](C)(C)OCCCCOC(N)=O. The molecule has 2 N–H and O–H groups in total. The molecule has 0 aromatic rings. The predicted molar refractivity (Wildman–Crippen MR) is 67.9 cm³/mol. The molecule has 0 fully saturated rings. The average molecular weight is 247 g/mol. The van der Waals surface area contributed by atoms with Gasteiger partial charge in [-0.1, -0.05) is 20.8 Å². The molecule has 0 atom stereocenters. The van der Waals surface area contributed by atoms with Gasteiger partial charge in [0.25, 0.3) is 0 Å². The van der Waals surface area contributed by atoms with Gasteiger partial charge in [0.1, 0.15) is 0 Å². The predicted octanol–water partition coefficient (Wildman–Crippen LogP) is 2.88. The van der Waals surface area contributed by atoms with E-state index >= 15 is 0 Å². The van der Waals surface area contributed by atoms with Crippen molar-refractivity contribution in [3.05, 3.63) is 0 Å². The van der Waals surface area contributed by atoms with E-state index in [9.17, 15) is 4.79 Å². The van der Waals surface area contributed by atoms with E-state index < -0.39 is 14.4 Å². The van der Waals surface area contributed by atoms with Crippen molar-refractivity contribution in [2.45, 2.75) is 51.7 Å². The van der Waals surface area contributed by atoms with Crippen molar-refractivity contribution in [1.29, 1.82) is 0 Å². The van der Waals surface area contributed by atoms with E-state index in [0.29, 0.717) is 6.61 Å². The number of unbranched alkanes of at least 4 members (excludes halogenated alkanes) is 1. The Morgan fingerprint density at radius 1 is 1.19 bits per heavy atom. The van der Waals surface area contributed by atoms with Gasteiger partial charge in [-0.3, -0.25) is 0 Å². The molecule has 0 rings (SSSR count). The summed E-state index contributed by atoms with van der Waals surface area (Å²) in [7, 11) is -1.62. The molecule has 0 aliphatic heterocycles. The lowest BCUT2D eigenvalue weighted by molar-refractivity contribution is 0.151. The number of primary amides is 1. The second-order valence-electron chi connectivity index (χ2n) is 5.48. The van der Waals surface area contributed by atoms with Gasteiger partial charge in [-0.2, -0.15) is 0 Å². The number of hydrogen-bond acceptors (Lipinski definition) is 3. The van der Waals surface area contributed by atoms with Crippen molar-refractivity contribution in [2.75, 3.05) is 13.2 Å². The third kappa shape index (κ3) is 6.12. The summed E-state index contributed by atoms with van der Waals surface area (Å²) < 4.78 is 10.6. The van der Waals surface area contributed by atoms with Crippen LogP contribution in [0.15, 0.2) is 0 Å². The zero-order chi connectivity index (χ0) is 12.8. The highest BCUT2D eigenvalue weighted by Crippen LogP contribution is 2.36. The van der Waals surface area contributed by atoms with Gasteiger partial charge in [0, 0.05) is 6.61 Å². The Kier molecular flexibility index (Phi) is 6.03. The summed E-state index contributed by atoms with van der Waals surface area (Å²) in [5.74, 6) is 0. The first-order valence-corrected chi connectivity index (χ1v) is 8.64. The molecule has 0 aliphatic carbocycles. The molecule has 0 aromatic carbocycles. The molecule has 0 aromatic heterocycles. The fourth-order valence-electron chi connectivity index (χ4n) is 0.921. The van der Waals surface area contributed by atoms with Crippen LogP contribution in [-0.4, -0.2) is 27.6 Å². The third-order valence-electron chi connectivity index (χ3n) is 3.05. The lowest BCUT2D eigenvalue weighted by atomic mass is 10.2. The molecule has 1 amide bonds. The number of carbonyl (C=O) groups is 1. The molecule has 0 saturated carbocycles. The molecule has 0 bridgehead atoms. The van der Waals surface area contributed by atoms with Gasteiger partial charge < -0.3 is 14.9 Å². The van der Waals surface area contributed by atoms with Gasteiger partial charge in [0.2, 0.25) is 0 Å². The van der Waals surface area contributed by atoms with E-state index in [1.807, 2.05) is 0 Å². The summed E-state index contributed by atoms with van der Waals surface area (Å²) in [6.07, 6.45) is 1.00. The molecule has 0 unspecified atom stereocenters. The van der Waals surface area contributed by atoms with Gasteiger partial charge in [0.15, 0.2) is 8.32 Å². The Morgan fingerprint density at radius 2 is 1.69 bits per heavy atom. The van der Waals surface area contributed by atoms with Gasteiger partial charge in [-0.25, -0.2) is 4.79 Å². The maximum atomic E-state index is 10.3. The number of hydrogen-bond donors (Lipinski definition) is 1. The largest absolute Gasteiger partial charge is 0.450 e. The van der Waals surface area contributed by atoms with Crippen molar-refractivity contribution in [2.24, 2.45) is 5.73 Å².